The molecule has 0 aliphatic rings. The lowest BCUT2D eigenvalue weighted by Gasteiger charge is -1.91. The predicted molar refractivity (Wildman–Crippen MR) is 58.8 cm³/mol. The third-order valence-electron chi connectivity index (χ3n) is 2.01. The van der Waals surface area contributed by atoms with E-state index in [4.69, 9.17) is 0 Å². The molecule has 0 aliphatic heterocycles. The van der Waals surface area contributed by atoms with Crippen molar-refractivity contribution in [2.24, 2.45) is 7.05 Å². The van der Waals surface area contributed by atoms with Crippen molar-refractivity contribution in [3.63, 3.8) is 0 Å². The summed E-state index contributed by atoms with van der Waals surface area (Å²) in [5, 5.41) is 4.71. The SMILES string of the molecule is Cn1nc(-c2ccccc2)nc1[S@](C)=O. The van der Waals surface area contributed by atoms with E-state index in [-0.39, 0.29) is 0 Å². The summed E-state index contributed by atoms with van der Waals surface area (Å²) in [5.41, 5.74) is 0.935. The first kappa shape index (κ1) is 10.0. The van der Waals surface area contributed by atoms with Crippen LogP contribution < -0.4 is 0 Å². The zero-order chi connectivity index (χ0) is 10.8. The number of nitrogens with zero attached hydrogens (tertiary/aromatic N) is 3. The molecule has 2 aromatic rings. The average Bonchev–Trinajstić information content (AvgIpc) is 2.62. The van der Waals surface area contributed by atoms with Crippen LogP contribution in [0.15, 0.2) is 35.5 Å². The summed E-state index contributed by atoms with van der Waals surface area (Å²) in [6, 6.07) is 9.64. The first-order valence-corrected chi connectivity index (χ1v) is 6.04. The maximum atomic E-state index is 11.3. The highest BCUT2D eigenvalue weighted by molar-refractivity contribution is 7.84. The molecule has 0 spiro atoms. The van der Waals surface area contributed by atoms with Crippen molar-refractivity contribution >= 4 is 10.8 Å². The molecule has 0 saturated carbocycles. The Kier molecular flexibility index (Phi) is 2.64. The lowest BCUT2D eigenvalue weighted by atomic mass is 10.2. The van der Waals surface area contributed by atoms with Gasteiger partial charge in [0.2, 0.25) is 5.16 Å². The van der Waals surface area contributed by atoms with Crippen LogP contribution in [0.1, 0.15) is 0 Å². The molecule has 0 amide bonds. The Balaban J connectivity index is 2.48. The lowest BCUT2D eigenvalue weighted by molar-refractivity contribution is 0.645. The van der Waals surface area contributed by atoms with Gasteiger partial charge in [-0.15, -0.1) is 0 Å². The molecule has 4 nitrogen and oxygen atoms in total. The molecular weight excluding hydrogens is 210 g/mol. The van der Waals surface area contributed by atoms with Crippen molar-refractivity contribution in [1.29, 1.82) is 0 Å². The molecule has 1 aromatic heterocycles. The van der Waals surface area contributed by atoms with Crippen molar-refractivity contribution in [2.45, 2.75) is 5.16 Å². The van der Waals surface area contributed by atoms with E-state index in [1.54, 1.807) is 18.0 Å². The molecule has 15 heavy (non-hydrogen) atoms. The molecular formula is C10H11N3OS. The van der Waals surface area contributed by atoms with Gasteiger partial charge in [0.25, 0.3) is 0 Å². The molecule has 0 bridgehead atoms. The molecule has 0 saturated heterocycles. The van der Waals surface area contributed by atoms with Crippen LogP contribution in [-0.4, -0.2) is 25.2 Å². The molecule has 1 atom stereocenters. The van der Waals surface area contributed by atoms with Crippen molar-refractivity contribution in [1.82, 2.24) is 14.8 Å². The second-order valence-corrected chi connectivity index (χ2v) is 4.44. The Morgan fingerprint density at radius 1 is 1.27 bits per heavy atom. The highest BCUT2D eigenvalue weighted by Crippen LogP contribution is 2.15. The average molecular weight is 221 g/mol. The van der Waals surface area contributed by atoms with Gasteiger partial charge in [0, 0.05) is 18.9 Å². The topological polar surface area (TPSA) is 47.8 Å². The Labute approximate surface area is 90.4 Å². The van der Waals surface area contributed by atoms with Gasteiger partial charge in [-0.25, -0.2) is 4.68 Å². The van der Waals surface area contributed by atoms with Gasteiger partial charge >= 0.3 is 0 Å². The molecule has 1 heterocycles. The van der Waals surface area contributed by atoms with Crippen molar-refractivity contribution in [3.8, 4) is 11.4 Å². The van der Waals surface area contributed by atoms with Gasteiger partial charge < -0.3 is 0 Å². The zero-order valence-corrected chi connectivity index (χ0v) is 9.36. The Morgan fingerprint density at radius 3 is 2.47 bits per heavy atom. The minimum atomic E-state index is -1.10. The molecule has 2 rings (SSSR count). The summed E-state index contributed by atoms with van der Waals surface area (Å²) in [6.07, 6.45) is 1.60. The van der Waals surface area contributed by atoms with Gasteiger partial charge in [-0.2, -0.15) is 10.1 Å². The first-order valence-electron chi connectivity index (χ1n) is 4.48. The van der Waals surface area contributed by atoms with Crippen LogP contribution in [0, 0.1) is 0 Å². The standard InChI is InChI=1S/C10H11N3OS/c1-13-10(15(2)14)11-9(12-13)8-6-4-3-5-7-8/h3-7H,1-2H3/t15-/m0/s1. The number of hydrogen-bond acceptors (Lipinski definition) is 3. The highest BCUT2D eigenvalue weighted by atomic mass is 32.2. The third-order valence-corrected chi connectivity index (χ3v) is 2.88. The largest absolute Gasteiger partial charge is 0.251 e. The zero-order valence-electron chi connectivity index (χ0n) is 8.54. The van der Waals surface area contributed by atoms with Crippen molar-refractivity contribution < 1.29 is 4.21 Å². The minimum Gasteiger partial charge on any atom is -0.251 e. The third kappa shape index (κ3) is 1.97. The van der Waals surface area contributed by atoms with Crippen LogP contribution in [0.4, 0.5) is 0 Å². The lowest BCUT2D eigenvalue weighted by Crippen LogP contribution is -2.00. The molecule has 1 aromatic carbocycles. The fraction of sp³-hybridized carbons (Fsp3) is 0.200. The van der Waals surface area contributed by atoms with Crippen LogP contribution in [-0.2, 0) is 17.8 Å². The molecule has 78 valence electrons. The van der Waals surface area contributed by atoms with E-state index < -0.39 is 10.8 Å². The number of rotatable bonds is 2. The summed E-state index contributed by atoms with van der Waals surface area (Å²) in [7, 11) is 0.642. The van der Waals surface area contributed by atoms with Gasteiger partial charge in [0.05, 0.1) is 10.8 Å². The molecule has 0 N–H and O–H groups in total. The minimum absolute atomic E-state index is 0.494. The summed E-state index contributed by atoms with van der Waals surface area (Å²) in [5.74, 6) is 0.614. The molecule has 5 heteroatoms. The Morgan fingerprint density at radius 2 is 1.93 bits per heavy atom. The predicted octanol–water partition coefficient (Wildman–Crippen LogP) is 1.22. The van der Waals surface area contributed by atoms with Gasteiger partial charge in [-0.1, -0.05) is 30.3 Å². The van der Waals surface area contributed by atoms with Crippen LogP contribution in [0.2, 0.25) is 0 Å². The van der Waals surface area contributed by atoms with Crippen LogP contribution in [0.3, 0.4) is 0 Å². The van der Waals surface area contributed by atoms with E-state index in [9.17, 15) is 4.21 Å². The second kappa shape index (κ2) is 3.94. The smallest absolute Gasteiger partial charge is 0.217 e. The maximum absolute atomic E-state index is 11.3. The number of benzene rings is 1. The second-order valence-electron chi connectivity index (χ2n) is 3.16. The normalized spacial score (nSPS) is 12.7. The summed E-state index contributed by atoms with van der Waals surface area (Å²) in [6.45, 7) is 0. The number of aryl methyl sites for hydroxylation is 1. The molecule has 0 fully saturated rings. The summed E-state index contributed by atoms with van der Waals surface area (Å²) in [4.78, 5) is 4.23. The van der Waals surface area contributed by atoms with Crippen LogP contribution in [0.5, 0.6) is 0 Å². The molecule has 0 unspecified atom stereocenters. The maximum Gasteiger partial charge on any atom is 0.217 e. The van der Waals surface area contributed by atoms with Gasteiger partial charge in [-0.05, 0) is 0 Å². The van der Waals surface area contributed by atoms with E-state index in [2.05, 4.69) is 10.1 Å². The van der Waals surface area contributed by atoms with E-state index in [1.165, 1.54) is 0 Å². The van der Waals surface area contributed by atoms with Crippen molar-refractivity contribution in [2.75, 3.05) is 6.26 Å². The Hall–Kier alpha value is -1.49. The van der Waals surface area contributed by atoms with Gasteiger partial charge in [0.1, 0.15) is 0 Å². The molecule has 0 aliphatic carbocycles. The highest BCUT2D eigenvalue weighted by Gasteiger charge is 2.10. The fourth-order valence-corrected chi connectivity index (χ4v) is 1.96. The molecule has 0 radical (unpaired) electrons. The van der Waals surface area contributed by atoms with Crippen LogP contribution >= 0.6 is 0 Å². The fourth-order valence-electron chi connectivity index (χ4n) is 1.33. The summed E-state index contributed by atoms with van der Waals surface area (Å²) >= 11 is 0. The van der Waals surface area contributed by atoms with E-state index in [0.29, 0.717) is 11.0 Å². The van der Waals surface area contributed by atoms with E-state index in [0.717, 1.165) is 5.56 Å². The van der Waals surface area contributed by atoms with E-state index in [1.807, 2.05) is 30.3 Å². The first-order chi connectivity index (χ1) is 7.18. The van der Waals surface area contributed by atoms with Gasteiger partial charge in [0.15, 0.2) is 5.82 Å². The quantitative estimate of drug-likeness (QED) is 0.766. The van der Waals surface area contributed by atoms with Crippen LogP contribution in [0.25, 0.3) is 11.4 Å². The summed E-state index contributed by atoms with van der Waals surface area (Å²) < 4.78 is 12.9. The Bertz CT molecular complexity index is 493. The van der Waals surface area contributed by atoms with E-state index >= 15 is 0 Å². The van der Waals surface area contributed by atoms with Crippen molar-refractivity contribution in [3.05, 3.63) is 30.3 Å². The number of aromatic nitrogens is 3. The monoisotopic (exact) mass is 221 g/mol. The number of hydrogen-bond donors (Lipinski definition) is 0. The van der Waals surface area contributed by atoms with Gasteiger partial charge in [-0.3, -0.25) is 4.21 Å².